The largest absolute Gasteiger partial charge is 0.362 e. The fraction of sp³-hybridized carbons (Fsp3) is 0.333. The zero-order valence-corrected chi connectivity index (χ0v) is 17.7. The minimum absolute atomic E-state index is 0.0307. The van der Waals surface area contributed by atoms with E-state index in [9.17, 15) is 13.2 Å². The summed E-state index contributed by atoms with van der Waals surface area (Å²) in [5.74, 6) is 0.222. The molecule has 1 aliphatic carbocycles. The Morgan fingerprint density at radius 1 is 1.25 bits per heavy atom. The van der Waals surface area contributed by atoms with E-state index in [1.165, 1.54) is 12.1 Å². The number of anilines is 1. The highest BCUT2D eigenvalue weighted by molar-refractivity contribution is 7.89. The van der Waals surface area contributed by atoms with E-state index < -0.39 is 15.9 Å². The average molecular weight is 443 g/mol. The van der Waals surface area contributed by atoms with Crippen molar-refractivity contribution < 1.29 is 13.2 Å². The quantitative estimate of drug-likeness (QED) is 0.687. The van der Waals surface area contributed by atoms with Crippen LogP contribution in [0.2, 0.25) is 10.0 Å². The molecule has 1 heterocycles. The average Bonchev–Trinajstić information content (AvgIpc) is 3.42. The molecule has 0 unspecified atom stereocenters. The molecule has 1 aromatic heterocycles. The molecule has 1 fully saturated rings. The molecule has 0 atom stereocenters. The Balaban J connectivity index is 1.83. The van der Waals surface area contributed by atoms with Gasteiger partial charge in [-0.15, -0.1) is 0 Å². The summed E-state index contributed by atoms with van der Waals surface area (Å²) < 4.78 is 27.6. The second-order valence-electron chi connectivity index (χ2n) is 6.72. The molecule has 1 aromatic carbocycles. The van der Waals surface area contributed by atoms with E-state index in [2.05, 4.69) is 15.0 Å². The number of carbonyl (C=O) groups excluding carboxylic acids is 1. The lowest BCUT2D eigenvalue weighted by Crippen LogP contribution is -2.28. The topological polar surface area (TPSA) is 91.4 Å². The minimum Gasteiger partial charge on any atom is -0.362 e. The van der Waals surface area contributed by atoms with Gasteiger partial charge in [-0.3, -0.25) is 4.79 Å². The second kappa shape index (κ2) is 8.24. The zero-order valence-electron chi connectivity index (χ0n) is 15.4. The molecule has 150 valence electrons. The lowest BCUT2D eigenvalue weighted by Gasteiger charge is -2.16. The number of pyridine rings is 1. The van der Waals surface area contributed by atoms with Gasteiger partial charge in [-0.05, 0) is 31.0 Å². The number of amides is 1. The van der Waals surface area contributed by atoms with Gasteiger partial charge in [0, 0.05) is 38.4 Å². The molecule has 3 rings (SSSR count). The van der Waals surface area contributed by atoms with Crippen LogP contribution < -0.4 is 14.9 Å². The molecule has 0 spiro atoms. The maximum Gasteiger partial charge on any atom is 0.253 e. The van der Waals surface area contributed by atoms with Crippen molar-refractivity contribution in [3.8, 4) is 0 Å². The van der Waals surface area contributed by atoms with E-state index in [4.69, 9.17) is 23.2 Å². The van der Waals surface area contributed by atoms with Crippen molar-refractivity contribution in [1.29, 1.82) is 0 Å². The lowest BCUT2D eigenvalue weighted by molar-refractivity contribution is 0.0951. The Kier molecular flexibility index (Phi) is 6.14. The van der Waals surface area contributed by atoms with E-state index in [-0.39, 0.29) is 33.1 Å². The van der Waals surface area contributed by atoms with Crippen molar-refractivity contribution >= 4 is 45.0 Å². The number of aromatic nitrogens is 1. The third kappa shape index (κ3) is 4.75. The molecule has 0 saturated heterocycles. The first kappa shape index (κ1) is 20.9. The summed E-state index contributed by atoms with van der Waals surface area (Å²) in [6, 6.07) is 6.03. The van der Waals surface area contributed by atoms with Gasteiger partial charge >= 0.3 is 0 Å². The number of sulfonamides is 1. The normalized spacial score (nSPS) is 14.0. The Hall–Kier alpha value is -1.87. The first-order chi connectivity index (χ1) is 13.2. The third-order valence-electron chi connectivity index (χ3n) is 4.19. The Morgan fingerprint density at radius 2 is 1.96 bits per heavy atom. The number of nitrogens with one attached hydrogen (secondary N) is 2. The molecule has 28 heavy (non-hydrogen) atoms. The van der Waals surface area contributed by atoms with Crippen LogP contribution in [0, 0.1) is 0 Å². The molecule has 0 aliphatic heterocycles. The molecule has 1 amide bonds. The van der Waals surface area contributed by atoms with Crippen molar-refractivity contribution in [3.05, 3.63) is 51.6 Å². The summed E-state index contributed by atoms with van der Waals surface area (Å²) in [6.07, 6.45) is 3.24. The highest BCUT2D eigenvalue weighted by atomic mass is 35.5. The molecule has 0 bridgehead atoms. The number of nitrogens with zero attached hydrogens (tertiary/aromatic N) is 2. The standard InChI is InChI=1S/C18H20Cl2N4O3S/c1-24(2)17-11(4-3-7-21-17)10-22-18(25)13-8-16(15(20)9-14(13)19)28(26,27)23-12-5-6-12/h3-4,7-9,12,23H,5-6,10H2,1-2H3,(H,22,25). The van der Waals surface area contributed by atoms with Gasteiger partial charge in [0.15, 0.2) is 0 Å². The Morgan fingerprint density at radius 3 is 2.61 bits per heavy atom. The maximum absolute atomic E-state index is 12.7. The Labute approximate surface area is 174 Å². The van der Waals surface area contributed by atoms with Crippen molar-refractivity contribution in [1.82, 2.24) is 15.0 Å². The van der Waals surface area contributed by atoms with Crippen LogP contribution in [0.15, 0.2) is 35.4 Å². The van der Waals surface area contributed by atoms with Crippen LogP contribution in [0.3, 0.4) is 0 Å². The van der Waals surface area contributed by atoms with Crippen molar-refractivity contribution in [2.45, 2.75) is 30.3 Å². The predicted molar refractivity (Wildman–Crippen MR) is 110 cm³/mol. The van der Waals surface area contributed by atoms with Gasteiger partial charge in [0.1, 0.15) is 10.7 Å². The molecule has 7 nitrogen and oxygen atoms in total. The monoisotopic (exact) mass is 442 g/mol. The zero-order chi connectivity index (χ0) is 20.5. The van der Waals surface area contributed by atoms with Gasteiger partial charge in [0.05, 0.1) is 15.6 Å². The first-order valence-electron chi connectivity index (χ1n) is 8.60. The highest BCUT2D eigenvalue weighted by Crippen LogP contribution is 2.30. The number of carbonyl (C=O) groups is 1. The van der Waals surface area contributed by atoms with Crippen LogP contribution in [0.4, 0.5) is 5.82 Å². The summed E-state index contributed by atoms with van der Waals surface area (Å²) in [5, 5.41) is 2.80. The summed E-state index contributed by atoms with van der Waals surface area (Å²) in [6.45, 7) is 0.210. The minimum atomic E-state index is -3.82. The molecule has 1 aliphatic rings. The molecule has 10 heteroatoms. The fourth-order valence-electron chi connectivity index (χ4n) is 2.63. The molecule has 2 N–H and O–H groups in total. The van der Waals surface area contributed by atoms with Gasteiger partial charge in [-0.1, -0.05) is 29.3 Å². The van der Waals surface area contributed by atoms with E-state index in [0.29, 0.717) is 0 Å². The number of hydrogen-bond acceptors (Lipinski definition) is 5. The van der Waals surface area contributed by atoms with Gasteiger partial charge < -0.3 is 10.2 Å². The van der Waals surface area contributed by atoms with Gasteiger partial charge in [0.2, 0.25) is 10.0 Å². The maximum atomic E-state index is 12.7. The highest BCUT2D eigenvalue weighted by Gasteiger charge is 2.30. The summed E-state index contributed by atoms with van der Waals surface area (Å²) in [4.78, 5) is 18.6. The van der Waals surface area contributed by atoms with Crippen LogP contribution in [0.25, 0.3) is 0 Å². The van der Waals surface area contributed by atoms with Crippen LogP contribution >= 0.6 is 23.2 Å². The predicted octanol–water partition coefficient (Wildman–Crippen LogP) is 2.83. The Bertz CT molecular complexity index is 1010. The first-order valence-corrected chi connectivity index (χ1v) is 10.8. The van der Waals surface area contributed by atoms with E-state index in [1.807, 2.05) is 25.1 Å². The summed E-state index contributed by atoms with van der Waals surface area (Å²) in [5.41, 5.74) is 0.853. The number of benzene rings is 1. The van der Waals surface area contributed by atoms with E-state index in [0.717, 1.165) is 24.2 Å². The van der Waals surface area contributed by atoms with Crippen molar-refractivity contribution in [3.63, 3.8) is 0 Å². The number of halogens is 2. The molecule has 2 aromatic rings. The molecular weight excluding hydrogens is 423 g/mol. The van der Waals surface area contributed by atoms with E-state index in [1.54, 1.807) is 12.3 Å². The van der Waals surface area contributed by atoms with Crippen molar-refractivity contribution in [2.24, 2.45) is 0 Å². The third-order valence-corrected chi connectivity index (χ3v) is 6.48. The van der Waals surface area contributed by atoms with Gasteiger partial charge in [-0.2, -0.15) is 0 Å². The van der Waals surface area contributed by atoms with Crippen LogP contribution in [0.5, 0.6) is 0 Å². The smallest absolute Gasteiger partial charge is 0.253 e. The SMILES string of the molecule is CN(C)c1ncccc1CNC(=O)c1cc(S(=O)(=O)NC2CC2)c(Cl)cc1Cl. The lowest BCUT2D eigenvalue weighted by atomic mass is 10.2. The molecule has 0 radical (unpaired) electrons. The summed E-state index contributed by atoms with van der Waals surface area (Å²) >= 11 is 12.2. The second-order valence-corrected chi connectivity index (χ2v) is 9.22. The van der Waals surface area contributed by atoms with E-state index >= 15 is 0 Å². The molecule has 1 saturated carbocycles. The van der Waals surface area contributed by atoms with Crippen molar-refractivity contribution in [2.75, 3.05) is 19.0 Å². The van der Waals surface area contributed by atoms with Crippen LogP contribution in [-0.4, -0.2) is 39.4 Å². The fourth-order valence-corrected chi connectivity index (χ4v) is 4.80. The van der Waals surface area contributed by atoms with Gasteiger partial charge in [0.25, 0.3) is 5.91 Å². The number of hydrogen-bond donors (Lipinski definition) is 2. The van der Waals surface area contributed by atoms with Gasteiger partial charge in [-0.25, -0.2) is 18.1 Å². The van der Waals surface area contributed by atoms with Crippen LogP contribution in [-0.2, 0) is 16.6 Å². The number of rotatable bonds is 7. The summed E-state index contributed by atoms with van der Waals surface area (Å²) in [7, 11) is -0.113. The van der Waals surface area contributed by atoms with Crippen LogP contribution in [0.1, 0.15) is 28.8 Å². The molecular formula is C18H20Cl2N4O3S.